The molecule has 0 atom stereocenters. The molecule has 0 fully saturated rings. The van der Waals surface area contributed by atoms with Crippen LogP contribution in [0, 0.1) is 0 Å². The number of ether oxygens (including phenoxy) is 1. The monoisotopic (exact) mass is 316 g/mol. The fourth-order valence-corrected chi connectivity index (χ4v) is 2.06. The first-order chi connectivity index (χ1) is 11.2. The summed E-state index contributed by atoms with van der Waals surface area (Å²) in [7, 11) is 1.59. The van der Waals surface area contributed by atoms with Gasteiger partial charge in [0.05, 0.1) is 25.0 Å². The molecule has 1 N–H and O–H groups in total. The van der Waals surface area contributed by atoms with Crippen LogP contribution in [0.2, 0.25) is 0 Å². The summed E-state index contributed by atoms with van der Waals surface area (Å²) in [6, 6.07) is 11.2. The third-order valence-corrected chi connectivity index (χ3v) is 3.32. The van der Waals surface area contributed by atoms with Gasteiger partial charge in [0.25, 0.3) is 5.91 Å². The standard InChI is InChI=1S/C17H20N2O4/c1-22-10-8-19(12-14-5-3-2-4-6-14)16(20)11-18-17(21)15-7-9-23-13-15/h2-7,9,13H,8,10-12H2,1H3,(H,18,21). The molecule has 0 saturated carbocycles. The van der Waals surface area contributed by atoms with Crippen molar-refractivity contribution in [2.45, 2.75) is 6.54 Å². The van der Waals surface area contributed by atoms with E-state index in [-0.39, 0.29) is 18.4 Å². The van der Waals surface area contributed by atoms with Gasteiger partial charge in [0.2, 0.25) is 5.91 Å². The molecule has 0 aliphatic heterocycles. The predicted octanol–water partition coefficient (Wildman–Crippen LogP) is 1.68. The average Bonchev–Trinajstić information content (AvgIpc) is 3.11. The molecular formula is C17H20N2O4. The predicted molar refractivity (Wildman–Crippen MR) is 84.8 cm³/mol. The molecule has 0 unspecified atom stereocenters. The smallest absolute Gasteiger partial charge is 0.254 e. The Bertz CT molecular complexity index is 611. The maximum atomic E-state index is 12.4. The highest BCUT2D eigenvalue weighted by atomic mass is 16.5. The van der Waals surface area contributed by atoms with E-state index in [1.807, 2.05) is 30.3 Å². The van der Waals surface area contributed by atoms with Crippen molar-refractivity contribution in [1.82, 2.24) is 10.2 Å². The van der Waals surface area contributed by atoms with Crippen LogP contribution in [0.5, 0.6) is 0 Å². The second-order valence-corrected chi connectivity index (χ2v) is 4.99. The zero-order valence-corrected chi connectivity index (χ0v) is 13.0. The first-order valence-corrected chi connectivity index (χ1v) is 7.31. The molecule has 6 heteroatoms. The molecule has 122 valence electrons. The number of nitrogens with zero attached hydrogens (tertiary/aromatic N) is 1. The van der Waals surface area contributed by atoms with Gasteiger partial charge in [-0.3, -0.25) is 9.59 Å². The maximum absolute atomic E-state index is 12.4. The molecule has 0 bridgehead atoms. The number of carbonyl (C=O) groups is 2. The van der Waals surface area contributed by atoms with Crippen molar-refractivity contribution in [1.29, 1.82) is 0 Å². The number of methoxy groups -OCH3 is 1. The Morgan fingerprint density at radius 2 is 2.00 bits per heavy atom. The van der Waals surface area contributed by atoms with Crippen LogP contribution in [0.1, 0.15) is 15.9 Å². The van der Waals surface area contributed by atoms with Crippen molar-refractivity contribution in [2.75, 3.05) is 26.8 Å². The quantitative estimate of drug-likeness (QED) is 0.804. The molecule has 2 rings (SSSR count). The van der Waals surface area contributed by atoms with Gasteiger partial charge in [0.1, 0.15) is 6.26 Å². The molecule has 0 spiro atoms. The van der Waals surface area contributed by atoms with Crippen LogP contribution < -0.4 is 5.32 Å². The highest BCUT2D eigenvalue weighted by Crippen LogP contribution is 2.05. The van der Waals surface area contributed by atoms with Gasteiger partial charge in [0, 0.05) is 20.2 Å². The number of hydrogen-bond acceptors (Lipinski definition) is 4. The molecule has 0 saturated heterocycles. The van der Waals surface area contributed by atoms with E-state index in [0.29, 0.717) is 25.3 Å². The Hall–Kier alpha value is -2.60. The number of carbonyl (C=O) groups excluding carboxylic acids is 2. The molecule has 1 aromatic heterocycles. The molecule has 1 aromatic carbocycles. The van der Waals surface area contributed by atoms with E-state index in [2.05, 4.69) is 5.32 Å². The van der Waals surface area contributed by atoms with Gasteiger partial charge in [-0.05, 0) is 11.6 Å². The third-order valence-electron chi connectivity index (χ3n) is 3.32. The number of furan rings is 1. The second kappa shape index (κ2) is 8.75. The Kier molecular flexibility index (Phi) is 6.38. The van der Waals surface area contributed by atoms with Crippen molar-refractivity contribution in [2.24, 2.45) is 0 Å². The maximum Gasteiger partial charge on any atom is 0.254 e. The molecule has 0 aliphatic rings. The minimum Gasteiger partial charge on any atom is -0.472 e. The Morgan fingerprint density at radius 1 is 1.22 bits per heavy atom. The lowest BCUT2D eigenvalue weighted by atomic mass is 10.2. The largest absolute Gasteiger partial charge is 0.472 e. The first-order valence-electron chi connectivity index (χ1n) is 7.31. The van der Waals surface area contributed by atoms with Gasteiger partial charge in [-0.1, -0.05) is 30.3 Å². The van der Waals surface area contributed by atoms with E-state index in [9.17, 15) is 9.59 Å². The zero-order chi connectivity index (χ0) is 16.5. The van der Waals surface area contributed by atoms with Crippen LogP contribution in [0.3, 0.4) is 0 Å². The van der Waals surface area contributed by atoms with Gasteiger partial charge in [-0.25, -0.2) is 0 Å². The molecular weight excluding hydrogens is 296 g/mol. The molecule has 6 nitrogen and oxygen atoms in total. The summed E-state index contributed by atoms with van der Waals surface area (Å²) in [4.78, 5) is 25.9. The minimum absolute atomic E-state index is 0.0689. The van der Waals surface area contributed by atoms with Crippen LogP contribution in [-0.2, 0) is 16.1 Å². The number of benzene rings is 1. The highest BCUT2D eigenvalue weighted by Gasteiger charge is 2.15. The van der Waals surface area contributed by atoms with Crippen LogP contribution >= 0.6 is 0 Å². The van der Waals surface area contributed by atoms with E-state index in [1.165, 1.54) is 12.5 Å². The summed E-state index contributed by atoms with van der Waals surface area (Å²) in [6.07, 6.45) is 2.75. The molecule has 0 aliphatic carbocycles. The lowest BCUT2D eigenvalue weighted by Gasteiger charge is -2.22. The van der Waals surface area contributed by atoms with Crippen molar-refractivity contribution < 1.29 is 18.7 Å². The van der Waals surface area contributed by atoms with Gasteiger partial charge >= 0.3 is 0 Å². The lowest BCUT2D eigenvalue weighted by molar-refractivity contribution is -0.131. The third kappa shape index (κ3) is 5.27. The Labute approximate surface area is 135 Å². The van der Waals surface area contributed by atoms with Gasteiger partial charge in [0.15, 0.2) is 0 Å². The van der Waals surface area contributed by atoms with Gasteiger partial charge < -0.3 is 19.4 Å². The first kappa shape index (κ1) is 16.8. The summed E-state index contributed by atoms with van der Waals surface area (Å²) in [5.74, 6) is -0.499. The van der Waals surface area contributed by atoms with Gasteiger partial charge in [-0.15, -0.1) is 0 Å². The molecule has 1 heterocycles. The normalized spacial score (nSPS) is 10.3. The SMILES string of the molecule is COCCN(Cc1ccccc1)C(=O)CNC(=O)c1ccoc1. The highest BCUT2D eigenvalue weighted by molar-refractivity contribution is 5.96. The van der Waals surface area contributed by atoms with Crippen LogP contribution in [0.15, 0.2) is 53.3 Å². The van der Waals surface area contributed by atoms with E-state index < -0.39 is 0 Å². The van der Waals surface area contributed by atoms with E-state index in [4.69, 9.17) is 9.15 Å². The van der Waals surface area contributed by atoms with Crippen LogP contribution in [0.4, 0.5) is 0 Å². The topological polar surface area (TPSA) is 71.8 Å². The zero-order valence-electron chi connectivity index (χ0n) is 13.0. The average molecular weight is 316 g/mol. The van der Waals surface area contributed by atoms with Crippen molar-refractivity contribution >= 4 is 11.8 Å². The molecule has 0 radical (unpaired) electrons. The van der Waals surface area contributed by atoms with Crippen LogP contribution in [0.25, 0.3) is 0 Å². The van der Waals surface area contributed by atoms with E-state index in [1.54, 1.807) is 18.1 Å². The minimum atomic E-state index is -0.335. The Morgan fingerprint density at radius 3 is 2.65 bits per heavy atom. The van der Waals surface area contributed by atoms with Crippen molar-refractivity contribution in [3.05, 3.63) is 60.1 Å². The summed E-state index contributed by atoms with van der Waals surface area (Å²) in [5, 5.41) is 2.60. The fraction of sp³-hybridized carbons (Fsp3) is 0.294. The van der Waals surface area contributed by atoms with E-state index >= 15 is 0 Å². The second-order valence-electron chi connectivity index (χ2n) is 4.99. The lowest BCUT2D eigenvalue weighted by Crippen LogP contribution is -2.41. The Balaban J connectivity index is 1.92. The molecule has 23 heavy (non-hydrogen) atoms. The number of rotatable bonds is 8. The fourth-order valence-electron chi connectivity index (χ4n) is 2.06. The summed E-state index contributed by atoms with van der Waals surface area (Å²) in [6.45, 7) is 1.31. The number of hydrogen-bond donors (Lipinski definition) is 1. The van der Waals surface area contributed by atoms with Gasteiger partial charge in [-0.2, -0.15) is 0 Å². The summed E-state index contributed by atoms with van der Waals surface area (Å²) in [5.41, 5.74) is 1.42. The summed E-state index contributed by atoms with van der Waals surface area (Å²) < 4.78 is 9.90. The molecule has 2 aromatic rings. The molecule has 2 amide bonds. The number of amides is 2. The van der Waals surface area contributed by atoms with Crippen molar-refractivity contribution in [3.63, 3.8) is 0 Å². The van der Waals surface area contributed by atoms with Crippen molar-refractivity contribution in [3.8, 4) is 0 Å². The summed E-state index contributed by atoms with van der Waals surface area (Å²) >= 11 is 0. The van der Waals surface area contributed by atoms with Crippen LogP contribution in [-0.4, -0.2) is 43.5 Å². The van der Waals surface area contributed by atoms with E-state index in [0.717, 1.165) is 5.56 Å². The number of nitrogens with one attached hydrogen (secondary N) is 1.